The molecule has 0 aliphatic carbocycles. The van der Waals surface area contributed by atoms with Crippen LogP contribution in [0, 0.1) is 0 Å². The maximum Gasteiger partial charge on any atom is 0.274 e. The topological polar surface area (TPSA) is 110 Å². The van der Waals surface area contributed by atoms with Gasteiger partial charge in [0.05, 0.1) is 12.6 Å². The molecule has 4 rings (SSSR count). The Bertz CT molecular complexity index is 1210. The Morgan fingerprint density at radius 1 is 1.14 bits per heavy atom. The van der Waals surface area contributed by atoms with Gasteiger partial charge >= 0.3 is 0 Å². The van der Waals surface area contributed by atoms with Gasteiger partial charge in [-0.15, -0.1) is 0 Å². The fourth-order valence-electron chi connectivity index (χ4n) is 4.06. The molecule has 9 heteroatoms. The molecule has 0 spiro atoms. The molecule has 3 aromatic rings. The van der Waals surface area contributed by atoms with Crippen molar-refractivity contribution in [2.45, 2.75) is 65.0 Å². The molecule has 2 aromatic heterocycles. The number of ether oxygens (including phenoxy) is 1. The molecular formula is C28H35N5O4. The monoisotopic (exact) mass is 505 g/mol. The zero-order valence-corrected chi connectivity index (χ0v) is 22.1. The van der Waals surface area contributed by atoms with Gasteiger partial charge in [-0.1, -0.05) is 38.1 Å². The molecule has 2 N–H and O–H groups in total. The highest BCUT2D eigenvalue weighted by molar-refractivity contribution is 6.02. The molecule has 0 bridgehead atoms. The minimum absolute atomic E-state index is 0.140. The molecule has 1 atom stereocenters. The normalized spacial score (nSPS) is 16.1. The van der Waals surface area contributed by atoms with Crippen molar-refractivity contribution in [1.29, 1.82) is 0 Å². The van der Waals surface area contributed by atoms with Crippen LogP contribution >= 0.6 is 0 Å². The van der Waals surface area contributed by atoms with Gasteiger partial charge in [-0.25, -0.2) is 4.98 Å². The Morgan fingerprint density at radius 3 is 2.49 bits per heavy atom. The molecule has 37 heavy (non-hydrogen) atoms. The van der Waals surface area contributed by atoms with Crippen molar-refractivity contribution in [3.8, 4) is 5.75 Å². The van der Waals surface area contributed by atoms with Crippen molar-refractivity contribution >= 4 is 23.3 Å². The van der Waals surface area contributed by atoms with Gasteiger partial charge in [0, 0.05) is 36.3 Å². The summed E-state index contributed by atoms with van der Waals surface area (Å²) < 4.78 is 11.3. The molecule has 1 aromatic carbocycles. The molecule has 2 amide bonds. The van der Waals surface area contributed by atoms with Crippen LogP contribution in [0.2, 0.25) is 0 Å². The van der Waals surface area contributed by atoms with E-state index in [1.165, 1.54) is 0 Å². The SMILES string of the molecule is CC(C)N1CCC(Oc2ccc(C(=O)Nc3ccc(CC(=O)Nc4cc(C(C)(C)C)on4)cc3)nc2)C1. The van der Waals surface area contributed by atoms with Crippen LogP contribution in [-0.2, 0) is 16.6 Å². The van der Waals surface area contributed by atoms with E-state index >= 15 is 0 Å². The lowest BCUT2D eigenvalue weighted by atomic mass is 9.93. The molecule has 9 nitrogen and oxygen atoms in total. The average molecular weight is 506 g/mol. The fraction of sp³-hybridized carbons (Fsp3) is 0.429. The van der Waals surface area contributed by atoms with Gasteiger partial charge in [-0.3, -0.25) is 14.5 Å². The minimum atomic E-state index is -0.315. The van der Waals surface area contributed by atoms with Gasteiger partial charge in [-0.05, 0) is 50.1 Å². The van der Waals surface area contributed by atoms with Crippen LogP contribution in [-0.4, -0.2) is 52.1 Å². The van der Waals surface area contributed by atoms with Crippen LogP contribution < -0.4 is 15.4 Å². The smallest absolute Gasteiger partial charge is 0.274 e. The Labute approximate surface area is 217 Å². The minimum Gasteiger partial charge on any atom is -0.487 e. The predicted octanol–water partition coefficient (Wildman–Crippen LogP) is 4.66. The van der Waals surface area contributed by atoms with E-state index in [4.69, 9.17) is 9.26 Å². The number of anilines is 2. The summed E-state index contributed by atoms with van der Waals surface area (Å²) in [5.74, 6) is 1.24. The fourth-order valence-corrected chi connectivity index (χ4v) is 4.06. The number of likely N-dealkylation sites (tertiary alicyclic amines) is 1. The van der Waals surface area contributed by atoms with E-state index in [1.54, 1.807) is 48.7 Å². The molecule has 0 saturated carbocycles. The third-order valence-corrected chi connectivity index (χ3v) is 6.27. The first-order chi connectivity index (χ1) is 17.6. The number of amides is 2. The molecule has 1 fully saturated rings. The van der Waals surface area contributed by atoms with Gasteiger partial charge < -0.3 is 19.9 Å². The molecule has 1 aliphatic heterocycles. The number of carbonyl (C=O) groups is 2. The van der Waals surface area contributed by atoms with Crippen molar-refractivity contribution in [2.75, 3.05) is 23.7 Å². The Hall–Kier alpha value is -3.72. The number of nitrogens with one attached hydrogen (secondary N) is 2. The van der Waals surface area contributed by atoms with E-state index in [9.17, 15) is 9.59 Å². The first kappa shape index (κ1) is 26.3. The van der Waals surface area contributed by atoms with Gasteiger partial charge in [0.15, 0.2) is 5.82 Å². The van der Waals surface area contributed by atoms with Crippen molar-refractivity contribution in [2.24, 2.45) is 0 Å². The van der Waals surface area contributed by atoms with E-state index in [0.29, 0.717) is 34.8 Å². The summed E-state index contributed by atoms with van der Waals surface area (Å²) in [6.07, 6.45) is 2.89. The van der Waals surface area contributed by atoms with Crippen molar-refractivity contribution in [1.82, 2.24) is 15.0 Å². The van der Waals surface area contributed by atoms with Gasteiger partial charge in [0.1, 0.15) is 23.3 Å². The van der Waals surface area contributed by atoms with Crippen LogP contribution in [0.1, 0.15) is 62.9 Å². The molecule has 1 unspecified atom stereocenters. The van der Waals surface area contributed by atoms with E-state index in [2.05, 4.69) is 39.5 Å². The summed E-state index contributed by atoms with van der Waals surface area (Å²) in [7, 11) is 0. The molecule has 0 radical (unpaired) electrons. The Balaban J connectivity index is 1.26. The summed E-state index contributed by atoms with van der Waals surface area (Å²) in [5.41, 5.74) is 1.53. The van der Waals surface area contributed by atoms with E-state index in [-0.39, 0.29) is 29.8 Å². The highest BCUT2D eigenvalue weighted by Gasteiger charge is 2.25. The summed E-state index contributed by atoms with van der Waals surface area (Å²) in [5, 5.41) is 9.49. The van der Waals surface area contributed by atoms with E-state index in [1.807, 2.05) is 20.8 Å². The first-order valence-electron chi connectivity index (χ1n) is 12.6. The zero-order valence-electron chi connectivity index (χ0n) is 22.1. The van der Waals surface area contributed by atoms with Crippen LogP contribution in [0.15, 0.2) is 53.2 Å². The second-order valence-electron chi connectivity index (χ2n) is 10.7. The zero-order chi connectivity index (χ0) is 26.6. The maximum atomic E-state index is 12.6. The summed E-state index contributed by atoms with van der Waals surface area (Å²) in [6, 6.07) is 12.8. The third-order valence-electron chi connectivity index (χ3n) is 6.27. The maximum absolute atomic E-state index is 12.6. The number of benzene rings is 1. The molecule has 3 heterocycles. The summed E-state index contributed by atoms with van der Waals surface area (Å²) in [6.45, 7) is 12.3. The summed E-state index contributed by atoms with van der Waals surface area (Å²) in [4.78, 5) is 31.7. The molecular weight excluding hydrogens is 470 g/mol. The number of aromatic nitrogens is 2. The molecule has 1 saturated heterocycles. The number of rotatable bonds is 8. The average Bonchev–Trinajstić information content (AvgIpc) is 3.51. The number of carbonyl (C=O) groups excluding carboxylic acids is 2. The van der Waals surface area contributed by atoms with E-state index in [0.717, 1.165) is 25.1 Å². The predicted molar refractivity (Wildman–Crippen MR) is 142 cm³/mol. The highest BCUT2D eigenvalue weighted by atomic mass is 16.5. The lowest BCUT2D eigenvalue weighted by molar-refractivity contribution is -0.115. The lowest BCUT2D eigenvalue weighted by Gasteiger charge is -2.20. The molecule has 1 aliphatic rings. The van der Waals surface area contributed by atoms with Gasteiger partial charge in [0.25, 0.3) is 5.91 Å². The molecule has 196 valence electrons. The van der Waals surface area contributed by atoms with Crippen molar-refractivity contribution < 1.29 is 18.8 Å². The summed E-state index contributed by atoms with van der Waals surface area (Å²) >= 11 is 0. The highest BCUT2D eigenvalue weighted by Crippen LogP contribution is 2.24. The largest absolute Gasteiger partial charge is 0.487 e. The van der Waals surface area contributed by atoms with Crippen molar-refractivity contribution in [3.63, 3.8) is 0 Å². The van der Waals surface area contributed by atoms with Crippen LogP contribution in [0.25, 0.3) is 0 Å². The number of hydrogen-bond donors (Lipinski definition) is 2. The number of hydrogen-bond acceptors (Lipinski definition) is 7. The van der Waals surface area contributed by atoms with Crippen LogP contribution in [0.5, 0.6) is 5.75 Å². The third kappa shape index (κ3) is 7.16. The number of pyridine rings is 1. The van der Waals surface area contributed by atoms with Crippen LogP contribution in [0.4, 0.5) is 11.5 Å². The Kier molecular flexibility index (Phi) is 7.92. The standard InChI is InChI=1S/C28H35N5O4/c1-18(2)33-13-12-22(17-33)36-21-10-11-23(29-16-21)27(35)30-20-8-6-19(7-9-20)14-26(34)31-25-15-24(37-32-25)28(3,4)5/h6-11,15-16,18,22H,12-14,17H2,1-5H3,(H,30,35)(H,31,32,34). The second-order valence-corrected chi connectivity index (χ2v) is 10.7. The first-order valence-corrected chi connectivity index (χ1v) is 12.6. The lowest BCUT2D eigenvalue weighted by Crippen LogP contribution is -2.30. The van der Waals surface area contributed by atoms with Crippen molar-refractivity contribution in [3.05, 3.63) is 65.7 Å². The quantitative estimate of drug-likeness (QED) is 0.458. The van der Waals surface area contributed by atoms with Crippen LogP contribution in [0.3, 0.4) is 0 Å². The Morgan fingerprint density at radius 2 is 1.89 bits per heavy atom. The van der Waals surface area contributed by atoms with Gasteiger partial charge in [0.2, 0.25) is 5.91 Å². The second kappa shape index (κ2) is 11.1. The van der Waals surface area contributed by atoms with Gasteiger partial charge in [-0.2, -0.15) is 0 Å². The van der Waals surface area contributed by atoms with E-state index < -0.39 is 0 Å². The number of nitrogens with zero attached hydrogens (tertiary/aromatic N) is 3.